The Bertz CT molecular complexity index is 1020. The third kappa shape index (κ3) is 3.99. The van der Waals surface area contributed by atoms with Crippen LogP contribution < -0.4 is 14.2 Å². The Morgan fingerprint density at radius 1 is 1.03 bits per heavy atom. The minimum Gasteiger partial charge on any atom is -0.497 e. The molecule has 0 aliphatic carbocycles. The molecule has 1 aromatic heterocycles. The van der Waals surface area contributed by atoms with Crippen LogP contribution >= 0.6 is 0 Å². The minimum atomic E-state index is -0.0575. The van der Waals surface area contributed by atoms with Crippen LogP contribution in [0.25, 0.3) is 11.1 Å². The molecule has 2 heterocycles. The molecule has 7 nitrogen and oxygen atoms in total. The molecule has 1 amide bonds. The monoisotopic (exact) mass is 391 g/mol. The van der Waals surface area contributed by atoms with E-state index in [9.17, 15) is 4.79 Å². The standard InChI is InChI=1S/C22H21N3O4/c1-27-18-5-3-4-15(10-18)14-25-8-9-29-20-11-16(6-7-19(20)21(25)26)17-12-23-22(28-2)24-13-17/h3-7,10-13H,8-9,14H2,1-2H3. The molecular weight excluding hydrogens is 370 g/mol. The van der Waals surface area contributed by atoms with Gasteiger partial charge in [-0.05, 0) is 35.4 Å². The zero-order valence-corrected chi connectivity index (χ0v) is 16.3. The first-order valence-electron chi connectivity index (χ1n) is 9.23. The van der Waals surface area contributed by atoms with Gasteiger partial charge in [0, 0.05) is 24.5 Å². The zero-order valence-electron chi connectivity index (χ0n) is 16.3. The number of aromatic nitrogens is 2. The Hall–Kier alpha value is -3.61. The summed E-state index contributed by atoms with van der Waals surface area (Å²) in [5, 5.41) is 0. The summed E-state index contributed by atoms with van der Waals surface area (Å²) < 4.78 is 16.2. The maximum atomic E-state index is 13.1. The summed E-state index contributed by atoms with van der Waals surface area (Å²) in [6, 6.07) is 13.6. The molecule has 3 aromatic rings. The molecular formula is C22H21N3O4. The van der Waals surface area contributed by atoms with Crippen LogP contribution in [0.15, 0.2) is 54.9 Å². The van der Waals surface area contributed by atoms with Crippen molar-refractivity contribution in [2.45, 2.75) is 6.54 Å². The predicted molar refractivity (Wildman–Crippen MR) is 107 cm³/mol. The van der Waals surface area contributed by atoms with Crippen molar-refractivity contribution < 1.29 is 19.0 Å². The maximum absolute atomic E-state index is 13.1. The van der Waals surface area contributed by atoms with E-state index in [0.29, 0.717) is 37.0 Å². The molecule has 0 N–H and O–H groups in total. The van der Waals surface area contributed by atoms with Crippen molar-refractivity contribution in [3.05, 3.63) is 66.0 Å². The van der Waals surface area contributed by atoms with E-state index in [1.54, 1.807) is 30.5 Å². The topological polar surface area (TPSA) is 73.8 Å². The molecule has 1 aliphatic rings. The Labute approximate surface area is 168 Å². The first kappa shape index (κ1) is 18.7. The fraction of sp³-hybridized carbons (Fsp3) is 0.227. The molecule has 1 aliphatic heterocycles. The highest BCUT2D eigenvalue weighted by Gasteiger charge is 2.24. The van der Waals surface area contributed by atoms with Crippen LogP contribution in [0, 0.1) is 0 Å². The summed E-state index contributed by atoms with van der Waals surface area (Å²) in [6.45, 7) is 1.42. The molecule has 0 fully saturated rings. The number of methoxy groups -OCH3 is 2. The van der Waals surface area contributed by atoms with Gasteiger partial charge in [-0.1, -0.05) is 18.2 Å². The van der Waals surface area contributed by atoms with E-state index in [0.717, 1.165) is 22.4 Å². The van der Waals surface area contributed by atoms with Crippen molar-refractivity contribution in [2.24, 2.45) is 0 Å². The van der Waals surface area contributed by atoms with E-state index < -0.39 is 0 Å². The maximum Gasteiger partial charge on any atom is 0.316 e. The fourth-order valence-corrected chi connectivity index (χ4v) is 3.25. The smallest absolute Gasteiger partial charge is 0.316 e. The van der Waals surface area contributed by atoms with Crippen LogP contribution in [-0.4, -0.2) is 48.1 Å². The Morgan fingerprint density at radius 2 is 1.86 bits per heavy atom. The molecule has 2 aromatic carbocycles. The predicted octanol–water partition coefficient (Wildman–Crippen LogP) is 3.20. The van der Waals surface area contributed by atoms with Gasteiger partial charge in [-0.2, -0.15) is 0 Å². The molecule has 0 saturated carbocycles. The van der Waals surface area contributed by atoms with E-state index in [1.165, 1.54) is 7.11 Å². The number of benzene rings is 2. The highest BCUT2D eigenvalue weighted by molar-refractivity contribution is 5.98. The number of rotatable bonds is 5. The second-order valence-electron chi connectivity index (χ2n) is 6.60. The van der Waals surface area contributed by atoms with Gasteiger partial charge in [0.2, 0.25) is 0 Å². The third-order valence-corrected chi connectivity index (χ3v) is 4.77. The molecule has 0 spiro atoms. The van der Waals surface area contributed by atoms with Crippen LogP contribution in [0.2, 0.25) is 0 Å². The molecule has 0 radical (unpaired) electrons. The largest absolute Gasteiger partial charge is 0.497 e. The van der Waals surface area contributed by atoms with E-state index in [-0.39, 0.29) is 5.91 Å². The SMILES string of the molecule is COc1cccc(CN2CCOc3cc(-c4cnc(OC)nc4)ccc3C2=O)c1. The number of fused-ring (bicyclic) bond motifs is 1. The lowest BCUT2D eigenvalue weighted by Gasteiger charge is -2.20. The summed E-state index contributed by atoms with van der Waals surface area (Å²) in [4.78, 5) is 23.2. The fourth-order valence-electron chi connectivity index (χ4n) is 3.25. The number of amides is 1. The molecule has 29 heavy (non-hydrogen) atoms. The van der Waals surface area contributed by atoms with Crippen molar-refractivity contribution in [1.82, 2.24) is 14.9 Å². The quantitative estimate of drug-likeness (QED) is 0.665. The van der Waals surface area contributed by atoms with Crippen LogP contribution in [0.1, 0.15) is 15.9 Å². The first-order valence-corrected chi connectivity index (χ1v) is 9.23. The summed E-state index contributed by atoms with van der Waals surface area (Å²) in [5.41, 5.74) is 3.25. The number of hydrogen-bond donors (Lipinski definition) is 0. The van der Waals surface area contributed by atoms with Crippen molar-refractivity contribution in [3.63, 3.8) is 0 Å². The number of carbonyl (C=O) groups is 1. The lowest BCUT2D eigenvalue weighted by atomic mass is 10.0. The molecule has 148 valence electrons. The highest BCUT2D eigenvalue weighted by Crippen LogP contribution is 2.30. The van der Waals surface area contributed by atoms with Gasteiger partial charge in [0.05, 0.1) is 26.3 Å². The Morgan fingerprint density at radius 3 is 2.62 bits per heavy atom. The summed E-state index contributed by atoms with van der Waals surface area (Å²) in [6.07, 6.45) is 3.36. The molecule has 4 rings (SSSR count). The Kier molecular flexibility index (Phi) is 5.29. The molecule has 7 heteroatoms. The van der Waals surface area contributed by atoms with Gasteiger partial charge in [-0.25, -0.2) is 9.97 Å². The van der Waals surface area contributed by atoms with Gasteiger partial charge in [0.1, 0.15) is 18.1 Å². The van der Waals surface area contributed by atoms with E-state index in [1.807, 2.05) is 36.4 Å². The lowest BCUT2D eigenvalue weighted by Crippen LogP contribution is -2.31. The second kappa shape index (κ2) is 8.18. The van der Waals surface area contributed by atoms with Crippen LogP contribution in [-0.2, 0) is 6.54 Å². The second-order valence-corrected chi connectivity index (χ2v) is 6.60. The minimum absolute atomic E-state index is 0.0575. The summed E-state index contributed by atoms with van der Waals surface area (Å²) in [5.74, 6) is 1.28. The van der Waals surface area contributed by atoms with E-state index in [2.05, 4.69) is 9.97 Å². The number of ether oxygens (including phenoxy) is 3. The summed E-state index contributed by atoms with van der Waals surface area (Å²) in [7, 11) is 3.15. The van der Waals surface area contributed by atoms with E-state index in [4.69, 9.17) is 14.2 Å². The molecule has 0 unspecified atom stereocenters. The van der Waals surface area contributed by atoms with E-state index >= 15 is 0 Å². The molecule has 0 bridgehead atoms. The highest BCUT2D eigenvalue weighted by atomic mass is 16.5. The van der Waals surface area contributed by atoms with Gasteiger partial charge in [-0.15, -0.1) is 0 Å². The molecule has 0 saturated heterocycles. The van der Waals surface area contributed by atoms with Gasteiger partial charge in [-0.3, -0.25) is 4.79 Å². The lowest BCUT2D eigenvalue weighted by molar-refractivity contribution is 0.0743. The van der Waals surface area contributed by atoms with Crippen LogP contribution in [0.5, 0.6) is 17.5 Å². The van der Waals surface area contributed by atoms with Gasteiger partial charge in [0.15, 0.2) is 0 Å². The van der Waals surface area contributed by atoms with Crippen LogP contribution in [0.3, 0.4) is 0 Å². The van der Waals surface area contributed by atoms with Crippen molar-refractivity contribution in [3.8, 4) is 28.6 Å². The van der Waals surface area contributed by atoms with Crippen LogP contribution in [0.4, 0.5) is 0 Å². The number of carbonyl (C=O) groups excluding carboxylic acids is 1. The van der Waals surface area contributed by atoms with Crippen molar-refractivity contribution >= 4 is 5.91 Å². The number of nitrogens with zero attached hydrogens (tertiary/aromatic N) is 3. The van der Waals surface area contributed by atoms with Gasteiger partial charge in [0.25, 0.3) is 5.91 Å². The van der Waals surface area contributed by atoms with Gasteiger partial charge < -0.3 is 19.1 Å². The molecule has 0 atom stereocenters. The first-order chi connectivity index (χ1) is 14.2. The number of hydrogen-bond acceptors (Lipinski definition) is 6. The van der Waals surface area contributed by atoms with Gasteiger partial charge >= 0.3 is 6.01 Å². The third-order valence-electron chi connectivity index (χ3n) is 4.77. The Balaban J connectivity index is 1.58. The zero-order chi connectivity index (χ0) is 20.2. The average molecular weight is 391 g/mol. The van der Waals surface area contributed by atoms with Crippen molar-refractivity contribution in [2.75, 3.05) is 27.4 Å². The summed E-state index contributed by atoms with van der Waals surface area (Å²) >= 11 is 0. The normalized spacial score (nSPS) is 13.3. The van der Waals surface area contributed by atoms with Crippen molar-refractivity contribution in [1.29, 1.82) is 0 Å². The average Bonchev–Trinajstić information content (AvgIpc) is 2.92.